The van der Waals surface area contributed by atoms with Crippen molar-refractivity contribution in [3.63, 3.8) is 0 Å². The highest BCUT2D eigenvalue weighted by Crippen LogP contribution is 2.27. The number of hydrogen-bond acceptors (Lipinski definition) is 2. The van der Waals surface area contributed by atoms with Crippen LogP contribution in [-0.2, 0) is 4.79 Å². The topological polar surface area (TPSA) is 65.1 Å². The Kier molecular flexibility index (Phi) is 3.44. The van der Waals surface area contributed by atoms with Crippen LogP contribution in [0.2, 0.25) is 0 Å². The minimum atomic E-state index is -0.773. The Balaban J connectivity index is 2.38. The van der Waals surface area contributed by atoms with E-state index in [1.165, 1.54) is 0 Å². The van der Waals surface area contributed by atoms with Crippen LogP contribution < -0.4 is 5.32 Å². The van der Waals surface area contributed by atoms with Crippen LogP contribution >= 0.6 is 0 Å². The monoisotopic (exact) mass is 232 g/mol. The molecule has 0 saturated carbocycles. The van der Waals surface area contributed by atoms with E-state index in [1.807, 2.05) is 31.3 Å². The van der Waals surface area contributed by atoms with Gasteiger partial charge in [0.1, 0.15) is 0 Å². The van der Waals surface area contributed by atoms with Gasteiger partial charge in [0.25, 0.3) is 0 Å². The molecule has 4 nitrogen and oxygen atoms in total. The molecule has 0 fully saturated rings. The van der Waals surface area contributed by atoms with Crippen molar-refractivity contribution in [2.24, 2.45) is 0 Å². The third-order valence-electron chi connectivity index (χ3n) is 2.98. The van der Waals surface area contributed by atoms with Gasteiger partial charge in [0, 0.05) is 17.1 Å². The molecule has 1 aromatic carbocycles. The number of benzene rings is 1. The molecule has 3 N–H and O–H groups in total. The molecule has 2 rings (SSSR count). The summed E-state index contributed by atoms with van der Waals surface area (Å²) in [5, 5.41) is 13.3. The van der Waals surface area contributed by atoms with E-state index >= 15 is 0 Å². The Hall–Kier alpha value is -1.81. The number of rotatable bonds is 5. The number of aromatic nitrogens is 1. The van der Waals surface area contributed by atoms with Crippen molar-refractivity contribution in [2.75, 3.05) is 13.6 Å². The Morgan fingerprint density at radius 1 is 1.47 bits per heavy atom. The van der Waals surface area contributed by atoms with E-state index in [4.69, 9.17) is 0 Å². The van der Waals surface area contributed by atoms with Gasteiger partial charge in [-0.15, -0.1) is 0 Å². The highest BCUT2D eigenvalue weighted by Gasteiger charge is 2.22. The molecular formula is C13H16N2O2. The maximum Gasteiger partial charge on any atom is 0.311 e. The predicted molar refractivity (Wildman–Crippen MR) is 67.2 cm³/mol. The lowest BCUT2D eigenvalue weighted by Gasteiger charge is -2.11. The molecule has 2 aromatic rings. The van der Waals surface area contributed by atoms with Gasteiger partial charge >= 0.3 is 5.97 Å². The van der Waals surface area contributed by atoms with Gasteiger partial charge in [-0.25, -0.2) is 0 Å². The van der Waals surface area contributed by atoms with Crippen molar-refractivity contribution in [3.05, 3.63) is 36.0 Å². The van der Waals surface area contributed by atoms with Crippen LogP contribution in [0, 0.1) is 0 Å². The average Bonchev–Trinajstić information content (AvgIpc) is 2.73. The maximum atomic E-state index is 11.3. The Morgan fingerprint density at radius 2 is 2.24 bits per heavy atom. The summed E-state index contributed by atoms with van der Waals surface area (Å²) < 4.78 is 0. The Morgan fingerprint density at radius 3 is 2.94 bits per heavy atom. The Bertz CT molecular complexity index is 519. The fourth-order valence-corrected chi connectivity index (χ4v) is 2.08. The molecule has 0 radical (unpaired) electrons. The molecule has 90 valence electrons. The zero-order valence-corrected chi connectivity index (χ0v) is 9.73. The van der Waals surface area contributed by atoms with Crippen molar-refractivity contribution in [1.29, 1.82) is 0 Å². The molecular weight excluding hydrogens is 216 g/mol. The first-order valence-corrected chi connectivity index (χ1v) is 5.67. The van der Waals surface area contributed by atoms with E-state index in [1.54, 1.807) is 6.20 Å². The second-order valence-corrected chi connectivity index (χ2v) is 4.07. The van der Waals surface area contributed by atoms with Gasteiger partial charge in [0.2, 0.25) is 0 Å². The average molecular weight is 232 g/mol. The van der Waals surface area contributed by atoms with Crippen LogP contribution in [0.4, 0.5) is 0 Å². The van der Waals surface area contributed by atoms with Crippen LogP contribution in [-0.4, -0.2) is 29.7 Å². The number of carboxylic acids is 1. The lowest BCUT2D eigenvalue weighted by molar-refractivity contribution is -0.138. The van der Waals surface area contributed by atoms with Crippen molar-refractivity contribution < 1.29 is 9.90 Å². The van der Waals surface area contributed by atoms with Crippen molar-refractivity contribution >= 4 is 16.9 Å². The molecule has 0 amide bonds. The number of hydrogen-bond donors (Lipinski definition) is 3. The second-order valence-electron chi connectivity index (χ2n) is 4.07. The number of para-hydroxylation sites is 1. The maximum absolute atomic E-state index is 11.3. The van der Waals surface area contributed by atoms with E-state index < -0.39 is 11.9 Å². The molecule has 0 aliphatic carbocycles. The van der Waals surface area contributed by atoms with Gasteiger partial charge in [-0.05, 0) is 31.6 Å². The van der Waals surface area contributed by atoms with Gasteiger partial charge in [-0.1, -0.05) is 18.2 Å². The zero-order valence-electron chi connectivity index (χ0n) is 9.73. The fraction of sp³-hybridized carbons (Fsp3) is 0.308. The van der Waals surface area contributed by atoms with Crippen LogP contribution in [0.5, 0.6) is 0 Å². The standard InChI is InChI=1S/C13H16N2O2/c1-14-7-6-10(13(16)17)11-8-15-12-5-3-2-4-9(11)12/h2-5,8,10,14-15H,6-7H2,1H3,(H,16,17). The van der Waals surface area contributed by atoms with Crippen molar-refractivity contribution in [2.45, 2.75) is 12.3 Å². The highest BCUT2D eigenvalue weighted by atomic mass is 16.4. The van der Waals surface area contributed by atoms with Gasteiger partial charge in [0.15, 0.2) is 0 Å². The molecule has 0 saturated heterocycles. The summed E-state index contributed by atoms with van der Waals surface area (Å²) in [5.41, 5.74) is 1.85. The minimum absolute atomic E-state index is 0.460. The summed E-state index contributed by atoms with van der Waals surface area (Å²) in [4.78, 5) is 14.4. The number of aromatic amines is 1. The third kappa shape index (κ3) is 2.31. The molecule has 1 heterocycles. The highest BCUT2D eigenvalue weighted by molar-refractivity contribution is 5.89. The minimum Gasteiger partial charge on any atom is -0.481 e. The van der Waals surface area contributed by atoms with Crippen LogP contribution in [0.3, 0.4) is 0 Å². The van der Waals surface area contributed by atoms with E-state index in [9.17, 15) is 9.90 Å². The molecule has 4 heteroatoms. The van der Waals surface area contributed by atoms with Gasteiger partial charge in [-0.2, -0.15) is 0 Å². The quantitative estimate of drug-likeness (QED) is 0.738. The smallest absolute Gasteiger partial charge is 0.311 e. The summed E-state index contributed by atoms with van der Waals surface area (Å²) in [6, 6.07) is 7.77. The normalized spacial score (nSPS) is 12.8. The summed E-state index contributed by atoms with van der Waals surface area (Å²) in [7, 11) is 1.83. The summed E-state index contributed by atoms with van der Waals surface area (Å²) in [6.07, 6.45) is 2.40. The number of carboxylic acid groups (broad SMARTS) is 1. The van der Waals surface area contributed by atoms with E-state index in [0.717, 1.165) is 16.5 Å². The molecule has 1 atom stereocenters. The van der Waals surface area contributed by atoms with Crippen LogP contribution in [0.1, 0.15) is 17.9 Å². The molecule has 1 aromatic heterocycles. The van der Waals surface area contributed by atoms with Gasteiger partial charge < -0.3 is 15.4 Å². The summed E-state index contributed by atoms with van der Waals surface area (Å²) >= 11 is 0. The molecule has 0 bridgehead atoms. The van der Waals surface area contributed by atoms with Crippen LogP contribution in [0.15, 0.2) is 30.5 Å². The summed E-state index contributed by atoms with van der Waals surface area (Å²) in [6.45, 7) is 0.691. The largest absolute Gasteiger partial charge is 0.481 e. The van der Waals surface area contributed by atoms with E-state index in [-0.39, 0.29) is 0 Å². The lowest BCUT2D eigenvalue weighted by atomic mass is 9.95. The molecule has 17 heavy (non-hydrogen) atoms. The molecule has 0 aliphatic rings. The Labute approximate surface area is 99.7 Å². The first kappa shape index (κ1) is 11.7. The van der Waals surface area contributed by atoms with Crippen LogP contribution in [0.25, 0.3) is 10.9 Å². The van der Waals surface area contributed by atoms with Gasteiger partial charge in [0.05, 0.1) is 5.92 Å². The lowest BCUT2D eigenvalue weighted by Crippen LogP contribution is -2.18. The second kappa shape index (κ2) is 5.01. The van der Waals surface area contributed by atoms with Crippen molar-refractivity contribution in [1.82, 2.24) is 10.3 Å². The number of fused-ring (bicyclic) bond motifs is 1. The predicted octanol–water partition coefficient (Wildman–Crippen LogP) is 1.95. The molecule has 1 unspecified atom stereocenters. The van der Waals surface area contributed by atoms with E-state index in [2.05, 4.69) is 10.3 Å². The van der Waals surface area contributed by atoms with E-state index in [0.29, 0.717) is 13.0 Å². The molecule has 0 spiro atoms. The summed E-state index contributed by atoms with van der Waals surface area (Å²) in [5.74, 6) is -1.23. The zero-order chi connectivity index (χ0) is 12.3. The first-order chi connectivity index (χ1) is 8.24. The SMILES string of the molecule is CNCCC(C(=O)O)c1c[nH]c2ccccc12. The number of carbonyl (C=O) groups is 1. The number of H-pyrrole nitrogens is 1. The van der Waals surface area contributed by atoms with Gasteiger partial charge in [-0.3, -0.25) is 4.79 Å². The number of aliphatic carboxylic acids is 1. The number of nitrogens with one attached hydrogen (secondary N) is 2. The third-order valence-corrected chi connectivity index (χ3v) is 2.98. The fourth-order valence-electron chi connectivity index (χ4n) is 2.08. The molecule has 0 aliphatic heterocycles. The first-order valence-electron chi connectivity index (χ1n) is 5.67. The van der Waals surface area contributed by atoms with Crippen molar-refractivity contribution in [3.8, 4) is 0 Å².